The van der Waals surface area contributed by atoms with Crippen LogP contribution in [0.5, 0.6) is 0 Å². The molecule has 0 amide bonds. The summed E-state index contributed by atoms with van der Waals surface area (Å²) < 4.78 is 12.4. The molecule has 4 rings (SSSR count). The highest BCUT2D eigenvalue weighted by Gasteiger charge is 2.58. The number of imidazole rings is 1. The van der Waals surface area contributed by atoms with Crippen molar-refractivity contribution >= 4 is 51.9 Å². The fourth-order valence-corrected chi connectivity index (χ4v) is 4.84. The van der Waals surface area contributed by atoms with E-state index in [9.17, 15) is 30.0 Å². The third kappa shape index (κ3) is 4.78. The van der Waals surface area contributed by atoms with Crippen LogP contribution in [0.15, 0.2) is 23.2 Å². The molecule has 16 heteroatoms. The second-order valence-electron chi connectivity index (χ2n) is 8.30. The van der Waals surface area contributed by atoms with Gasteiger partial charge in [0, 0.05) is 13.0 Å². The number of fused-ring (bicyclic) bond motifs is 1. The number of ether oxygens (including phenoxy) is 2. The number of nitrogens with one attached hydrogen (secondary N) is 1. The Morgan fingerprint density at radius 3 is 2.71 bits per heavy atom. The van der Waals surface area contributed by atoms with E-state index in [1.807, 2.05) is 5.92 Å². The summed E-state index contributed by atoms with van der Waals surface area (Å²) in [7, 11) is 0. The van der Waals surface area contributed by atoms with Gasteiger partial charge < -0.3 is 40.3 Å². The minimum Gasteiger partial charge on any atom is -0.479 e. The Kier molecular flexibility index (Phi) is 7.85. The number of thiophene rings is 1. The van der Waals surface area contributed by atoms with Gasteiger partial charge in [0.2, 0.25) is 5.28 Å². The zero-order valence-electron chi connectivity index (χ0n) is 19.4. The molecule has 4 atom stereocenters. The SMILES string of the molecule is C#C[C@@]1(O)[C@@H](COC(Cc2ccsc2)(C(=O)O)C(=O)O)O[C@@H](n2cnc3c(NCCO)nc(Cl)nc32)[C@@H]1O. The van der Waals surface area contributed by atoms with Crippen LogP contribution < -0.4 is 5.32 Å². The number of carboxylic acid groups (broad SMARTS) is 2. The van der Waals surface area contributed by atoms with Gasteiger partial charge in [0.05, 0.1) is 19.5 Å². The van der Waals surface area contributed by atoms with E-state index in [2.05, 4.69) is 20.3 Å². The summed E-state index contributed by atoms with van der Waals surface area (Å²) >= 11 is 7.27. The van der Waals surface area contributed by atoms with Crippen molar-refractivity contribution in [2.75, 3.05) is 25.1 Å². The van der Waals surface area contributed by atoms with E-state index in [-0.39, 0.29) is 35.4 Å². The summed E-state index contributed by atoms with van der Waals surface area (Å²) in [5.74, 6) is -1.31. The summed E-state index contributed by atoms with van der Waals surface area (Å²) in [4.78, 5) is 36.4. The molecule has 0 radical (unpaired) electrons. The number of nitrogens with zero attached hydrogens (tertiary/aromatic N) is 4. The number of terminal acetylenes is 1. The number of carboxylic acids is 2. The van der Waals surface area contributed by atoms with Gasteiger partial charge in [0.15, 0.2) is 28.8 Å². The number of hydrogen-bond acceptors (Lipinski definition) is 12. The topological polar surface area (TPSA) is 209 Å². The number of aliphatic hydroxyl groups excluding tert-OH is 2. The fraction of sp³-hybridized carbons (Fsp3) is 0.409. The average molecular weight is 568 g/mol. The largest absolute Gasteiger partial charge is 0.479 e. The Hall–Kier alpha value is -3.36. The number of aliphatic hydroxyl groups is 3. The Bertz CT molecular complexity index is 1360. The summed E-state index contributed by atoms with van der Waals surface area (Å²) in [5, 5.41) is 56.6. The normalized spacial score (nSPS) is 23.4. The van der Waals surface area contributed by atoms with Gasteiger partial charge in [-0.2, -0.15) is 21.3 Å². The molecule has 0 bridgehead atoms. The molecule has 4 heterocycles. The lowest BCUT2D eigenvalue weighted by atomic mass is 9.92. The lowest BCUT2D eigenvalue weighted by molar-refractivity contribution is -0.191. The molecule has 0 spiro atoms. The van der Waals surface area contributed by atoms with Crippen molar-refractivity contribution in [3.8, 4) is 12.3 Å². The molecule has 0 unspecified atom stereocenters. The predicted octanol–water partition coefficient (Wildman–Crippen LogP) is -0.265. The van der Waals surface area contributed by atoms with Crippen molar-refractivity contribution in [2.45, 2.75) is 36.1 Å². The minimum absolute atomic E-state index is 0.0818. The highest BCUT2D eigenvalue weighted by atomic mass is 35.5. The van der Waals surface area contributed by atoms with Crippen molar-refractivity contribution in [1.82, 2.24) is 19.5 Å². The molecule has 1 saturated heterocycles. The van der Waals surface area contributed by atoms with Crippen LogP contribution in [0.2, 0.25) is 5.28 Å². The smallest absolute Gasteiger partial charge is 0.348 e. The Morgan fingerprint density at radius 1 is 1.37 bits per heavy atom. The van der Waals surface area contributed by atoms with Gasteiger partial charge >= 0.3 is 11.9 Å². The van der Waals surface area contributed by atoms with Gasteiger partial charge in [-0.3, -0.25) is 4.57 Å². The zero-order valence-corrected chi connectivity index (χ0v) is 21.0. The van der Waals surface area contributed by atoms with Gasteiger partial charge in [0.1, 0.15) is 12.2 Å². The molecule has 0 aliphatic carbocycles. The molecule has 6 N–H and O–H groups in total. The summed E-state index contributed by atoms with van der Waals surface area (Å²) in [5.41, 5.74) is -4.45. The number of rotatable bonds is 11. The third-order valence-electron chi connectivity index (χ3n) is 6.02. The van der Waals surface area contributed by atoms with Crippen LogP contribution in [0.1, 0.15) is 11.8 Å². The van der Waals surface area contributed by atoms with Gasteiger partial charge in [-0.05, 0) is 34.0 Å². The molecule has 1 aliphatic rings. The van der Waals surface area contributed by atoms with E-state index in [0.717, 1.165) is 0 Å². The molecule has 0 saturated carbocycles. The van der Waals surface area contributed by atoms with Crippen LogP contribution in [0, 0.1) is 12.3 Å². The van der Waals surface area contributed by atoms with E-state index in [1.165, 1.54) is 22.2 Å². The first-order valence-corrected chi connectivity index (χ1v) is 12.3. The molecular formula is C22H22ClN5O9S. The van der Waals surface area contributed by atoms with Gasteiger partial charge in [-0.15, -0.1) is 6.42 Å². The molecule has 38 heavy (non-hydrogen) atoms. The highest BCUT2D eigenvalue weighted by Crippen LogP contribution is 2.39. The van der Waals surface area contributed by atoms with Crippen molar-refractivity contribution in [3.05, 3.63) is 34.0 Å². The summed E-state index contributed by atoms with van der Waals surface area (Å²) in [6.07, 6.45) is 1.45. The number of anilines is 1. The van der Waals surface area contributed by atoms with E-state index in [0.29, 0.717) is 5.56 Å². The fourth-order valence-electron chi connectivity index (χ4n) is 4.01. The zero-order chi connectivity index (χ0) is 27.7. The van der Waals surface area contributed by atoms with E-state index >= 15 is 0 Å². The minimum atomic E-state index is -2.72. The number of halogens is 1. The molecule has 3 aromatic heterocycles. The van der Waals surface area contributed by atoms with Gasteiger partial charge in [0.25, 0.3) is 5.60 Å². The van der Waals surface area contributed by atoms with Crippen molar-refractivity contribution in [1.29, 1.82) is 0 Å². The maximum Gasteiger partial charge on any atom is 0.348 e. The molecular weight excluding hydrogens is 546 g/mol. The van der Waals surface area contributed by atoms with Gasteiger partial charge in [-0.1, -0.05) is 5.92 Å². The highest BCUT2D eigenvalue weighted by molar-refractivity contribution is 7.07. The van der Waals surface area contributed by atoms with Crippen LogP contribution in [-0.2, 0) is 25.5 Å². The standard InChI is InChI=1S/C22H22ClN5O9S/c1-2-21(35)12(8-36-22(18(31)32,19(33)34)7-11-3-6-38-9-11)37-17(14(21)30)28-10-25-13-15(24-4-5-29)26-20(23)27-16(13)28/h1,3,6,9-10,12,14,17,29-30,35H,4-5,7-8H2,(H,31,32)(H,33,34)(H,24,26,27)/t12-,14+,17-,21-/m1/s1. The van der Waals surface area contributed by atoms with Crippen molar-refractivity contribution in [2.24, 2.45) is 0 Å². The maximum absolute atomic E-state index is 12.1. The molecule has 202 valence electrons. The van der Waals surface area contributed by atoms with Crippen LogP contribution in [-0.4, -0.2) is 100 Å². The first kappa shape index (κ1) is 27.7. The Labute approximate surface area is 223 Å². The number of hydrogen-bond donors (Lipinski definition) is 6. The Balaban J connectivity index is 1.65. The molecule has 3 aromatic rings. The van der Waals surface area contributed by atoms with Crippen LogP contribution in [0.25, 0.3) is 11.2 Å². The van der Waals surface area contributed by atoms with E-state index in [1.54, 1.807) is 16.8 Å². The summed E-state index contributed by atoms with van der Waals surface area (Å²) in [6.45, 7) is -0.872. The lowest BCUT2D eigenvalue weighted by Gasteiger charge is -2.29. The van der Waals surface area contributed by atoms with E-state index < -0.39 is 54.6 Å². The summed E-state index contributed by atoms with van der Waals surface area (Å²) in [6, 6.07) is 1.55. The van der Waals surface area contributed by atoms with Gasteiger partial charge in [-0.25, -0.2) is 14.6 Å². The average Bonchev–Trinajstić information content (AvgIpc) is 3.60. The molecule has 14 nitrogen and oxygen atoms in total. The lowest BCUT2D eigenvalue weighted by Crippen LogP contribution is -2.54. The second-order valence-corrected chi connectivity index (χ2v) is 9.42. The molecule has 1 fully saturated rings. The maximum atomic E-state index is 12.1. The Morgan fingerprint density at radius 2 is 2.11 bits per heavy atom. The molecule has 1 aliphatic heterocycles. The third-order valence-corrected chi connectivity index (χ3v) is 6.93. The van der Waals surface area contributed by atoms with Crippen LogP contribution >= 0.6 is 22.9 Å². The van der Waals surface area contributed by atoms with Crippen molar-refractivity contribution in [3.63, 3.8) is 0 Å². The van der Waals surface area contributed by atoms with Crippen LogP contribution in [0.4, 0.5) is 5.82 Å². The quantitative estimate of drug-likeness (QED) is 0.100. The number of aliphatic carboxylic acids is 2. The number of aromatic nitrogens is 4. The van der Waals surface area contributed by atoms with E-state index in [4.69, 9.17) is 32.6 Å². The first-order valence-electron chi connectivity index (χ1n) is 11.0. The second kappa shape index (κ2) is 10.8. The van der Waals surface area contributed by atoms with Crippen LogP contribution in [0.3, 0.4) is 0 Å². The first-order chi connectivity index (χ1) is 18.1. The predicted molar refractivity (Wildman–Crippen MR) is 132 cm³/mol. The van der Waals surface area contributed by atoms with Crippen molar-refractivity contribution < 1.29 is 44.6 Å². The molecule has 0 aromatic carbocycles. The monoisotopic (exact) mass is 567 g/mol. The number of carbonyl (C=O) groups is 2.